The first-order valence-electron chi connectivity index (χ1n) is 5.45. The maximum Gasteiger partial charge on any atom is 0.151 e. The normalized spacial score (nSPS) is 10.2. The van der Waals surface area contributed by atoms with Gasteiger partial charge in [-0.1, -0.05) is 42.8 Å². The van der Waals surface area contributed by atoms with Crippen LogP contribution < -0.4 is 0 Å². The fourth-order valence-electron chi connectivity index (χ4n) is 1.62. The van der Waals surface area contributed by atoms with Gasteiger partial charge in [0.1, 0.15) is 5.82 Å². The summed E-state index contributed by atoms with van der Waals surface area (Å²) in [5, 5.41) is 9.01. The fourth-order valence-corrected chi connectivity index (χ4v) is 1.82. The summed E-state index contributed by atoms with van der Waals surface area (Å²) in [6.07, 6.45) is 1.26. The molecular weight excluding hydrogens is 234 g/mol. The number of hydrogen-bond donors (Lipinski definition) is 1. The Morgan fingerprint density at radius 3 is 2.65 bits per heavy atom. The first kappa shape index (κ1) is 11.7. The molecule has 1 aromatic heterocycles. The van der Waals surface area contributed by atoms with Gasteiger partial charge in [-0.15, -0.1) is 0 Å². The molecular formula is C13H12ClN3. The van der Waals surface area contributed by atoms with Gasteiger partial charge < -0.3 is 4.98 Å². The summed E-state index contributed by atoms with van der Waals surface area (Å²) in [6.45, 7) is 2.11. The minimum Gasteiger partial charge on any atom is -0.340 e. The maximum absolute atomic E-state index is 8.64. The van der Waals surface area contributed by atoms with Gasteiger partial charge in [0.2, 0.25) is 0 Å². The van der Waals surface area contributed by atoms with Gasteiger partial charge in [0.15, 0.2) is 5.15 Å². The molecule has 1 N–H and O–H groups in total. The zero-order valence-electron chi connectivity index (χ0n) is 9.50. The molecule has 0 fully saturated rings. The maximum atomic E-state index is 8.64. The second kappa shape index (κ2) is 5.03. The van der Waals surface area contributed by atoms with E-state index in [4.69, 9.17) is 16.9 Å². The summed E-state index contributed by atoms with van der Waals surface area (Å²) in [7, 11) is 0. The van der Waals surface area contributed by atoms with E-state index in [1.807, 2.05) is 12.1 Å². The highest BCUT2D eigenvalue weighted by molar-refractivity contribution is 6.30. The summed E-state index contributed by atoms with van der Waals surface area (Å²) in [5.74, 6) is 0.711. The highest BCUT2D eigenvalue weighted by atomic mass is 35.5. The molecule has 1 heterocycles. The van der Waals surface area contributed by atoms with E-state index in [2.05, 4.69) is 35.1 Å². The number of benzene rings is 1. The van der Waals surface area contributed by atoms with Crippen LogP contribution in [-0.2, 0) is 12.8 Å². The zero-order valence-corrected chi connectivity index (χ0v) is 10.3. The Hall–Kier alpha value is -1.79. The molecule has 1 aromatic carbocycles. The standard InChI is InChI=1S/C13H12ClN3/c1-2-9-3-5-10(6-4-9)13-16-11(7-8-15)12(14)17-13/h3-6H,2,7H2,1H3,(H,16,17). The van der Waals surface area contributed by atoms with Crippen molar-refractivity contribution < 1.29 is 0 Å². The zero-order chi connectivity index (χ0) is 12.3. The molecule has 0 saturated carbocycles. The predicted octanol–water partition coefficient (Wildman–Crippen LogP) is 3.36. The molecule has 0 atom stereocenters. The predicted molar refractivity (Wildman–Crippen MR) is 67.7 cm³/mol. The second-order valence-corrected chi connectivity index (χ2v) is 4.10. The lowest BCUT2D eigenvalue weighted by molar-refractivity contribution is 1.14. The molecule has 0 aliphatic heterocycles. The Bertz CT molecular complexity index is 549. The van der Waals surface area contributed by atoms with Crippen molar-refractivity contribution in [1.29, 1.82) is 5.26 Å². The molecule has 0 aliphatic carbocycles. The second-order valence-electron chi connectivity index (χ2n) is 3.74. The van der Waals surface area contributed by atoms with Gasteiger partial charge in [0.05, 0.1) is 18.2 Å². The Balaban J connectivity index is 2.33. The monoisotopic (exact) mass is 245 g/mol. The van der Waals surface area contributed by atoms with Gasteiger partial charge in [-0.05, 0) is 12.0 Å². The average molecular weight is 246 g/mol. The summed E-state index contributed by atoms with van der Waals surface area (Å²) in [6, 6.07) is 10.2. The van der Waals surface area contributed by atoms with Crippen molar-refractivity contribution >= 4 is 11.6 Å². The van der Waals surface area contributed by atoms with Crippen LogP contribution in [0, 0.1) is 11.3 Å². The molecule has 3 nitrogen and oxygen atoms in total. The van der Waals surface area contributed by atoms with Crippen molar-refractivity contribution in [2.45, 2.75) is 19.8 Å². The molecule has 17 heavy (non-hydrogen) atoms. The number of H-pyrrole nitrogens is 1. The number of aromatic amines is 1. The summed E-state index contributed by atoms with van der Waals surface area (Å²) < 4.78 is 0. The number of nitriles is 1. The quantitative estimate of drug-likeness (QED) is 0.902. The first-order chi connectivity index (χ1) is 8.24. The number of hydrogen-bond acceptors (Lipinski definition) is 2. The molecule has 0 radical (unpaired) electrons. The number of nitrogens with zero attached hydrogens (tertiary/aromatic N) is 2. The Labute approximate surface area is 105 Å². The minimum atomic E-state index is 0.249. The lowest BCUT2D eigenvalue weighted by Gasteiger charge is -1.99. The number of nitrogens with one attached hydrogen (secondary N) is 1. The highest BCUT2D eigenvalue weighted by Crippen LogP contribution is 2.22. The van der Waals surface area contributed by atoms with Gasteiger partial charge >= 0.3 is 0 Å². The van der Waals surface area contributed by atoms with Gasteiger partial charge in [0.25, 0.3) is 0 Å². The summed E-state index contributed by atoms with van der Waals surface area (Å²) in [5.41, 5.74) is 2.93. The average Bonchev–Trinajstić information content (AvgIpc) is 2.72. The third-order valence-electron chi connectivity index (χ3n) is 2.62. The lowest BCUT2D eigenvalue weighted by atomic mass is 10.1. The van der Waals surface area contributed by atoms with Gasteiger partial charge in [-0.3, -0.25) is 0 Å². The number of rotatable bonds is 3. The Morgan fingerprint density at radius 2 is 2.06 bits per heavy atom. The first-order valence-corrected chi connectivity index (χ1v) is 5.83. The highest BCUT2D eigenvalue weighted by Gasteiger charge is 2.09. The van der Waals surface area contributed by atoms with E-state index in [0.29, 0.717) is 16.7 Å². The molecule has 2 rings (SSSR count). The van der Waals surface area contributed by atoms with Crippen LogP contribution in [-0.4, -0.2) is 9.97 Å². The van der Waals surface area contributed by atoms with Crippen LogP contribution in [0.15, 0.2) is 24.3 Å². The van der Waals surface area contributed by atoms with Crippen LogP contribution in [0.1, 0.15) is 18.2 Å². The lowest BCUT2D eigenvalue weighted by Crippen LogP contribution is -1.84. The molecule has 0 bridgehead atoms. The van der Waals surface area contributed by atoms with Crippen LogP contribution in [0.4, 0.5) is 0 Å². The van der Waals surface area contributed by atoms with E-state index in [1.54, 1.807) is 0 Å². The van der Waals surface area contributed by atoms with Crippen molar-refractivity contribution in [2.75, 3.05) is 0 Å². The Kier molecular flexibility index (Phi) is 3.46. The van der Waals surface area contributed by atoms with E-state index in [0.717, 1.165) is 12.0 Å². The fraction of sp³-hybridized carbons (Fsp3) is 0.231. The van der Waals surface area contributed by atoms with Gasteiger partial charge in [-0.25, -0.2) is 4.98 Å². The third kappa shape index (κ3) is 2.48. The van der Waals surface area contributed by atoms with E-state index in [-0.39, 0.29) is 6.42 Å². The molecule has 0 unspecified atom stereocenters. The van der Waals surface area contributed by atoms with Crippen molar-refractivity contribution in [2.24, 2.45) is 0 Å². The van der Waals surface area contributed by atoms with Crippen LogP contribution in [0.3, 0.4) is 0 Å². The number of aryl methyl sites for hydroxylation is 1. The van der Waals surface area contributed by atoms with Crippen molar-refractivity contribution in [1.82, 2.24) is 9.97 Å². The summed E-state index contributed by atoms with van der Waals surface area (Å²) in [4.78, 5) is 7.28. The number of aromatic nitrogens is 2. The van der Waals surface area contributed by atoms with Crippen LogP contribution in [0.25, 0.3) is 11.4 Å². The molecule has 0 aliphatic rings. The molecule has 86 valence electrons. The topological polar surface area (TPSA) is 52.5 Å². The molecule has 0 amide bonds. The molecule has 0 spiro atoms. The van der Waals surface area contributed by atoms with Crippen LogP contribution in [0.2, 0.25) is 5.15 Å². The molecule has 4 heteroatoms. The van der Waals surface area contributed by atoms with Crippen LogP contribution in [0.5, 0.6) is 0 Å². The molecule has 2 aromatic rings. The Morgan fingerprint density at radius 1 is 1.35 bits per heavy atom. The van der Waals surface area contributed by atoms with Crippen LogP contribution >= 0.6 is 11.6 Å². The van der Waals surface area contributed by atoms with E-state index < -0.39 is 0 Å². The third-order valence-corrected chi connectivity index (χ3v) is 2.93. The smallest absolute Gasteiger partial charge is 0.151 e. The largest absolute Gasteiger partial charge is 0.340 e. The van der Waals surface area contributed by atoms with E-state index >= 15 is 0 Å². The van der Waals surface area contributed by atoms with E-state index in [1.165, 1.54) is 5.56 Å². The van der Waals surface area contributed by atoms with Gasteiger partial charge in [0, 0.05) is 5.56 Å². The minimum absolute atomic E-state index is 0.249. The van der Waals surface area contributed by atoms with Crippen molar-refractivity contribution in [3.05, 3.63) is 40.7 Å². The van der Waals surface area contributed by atoms with Crippen molar-refractivity contribution in [3.63, 3.8) is 0 Å². The number of halogens is 1. The van der Waals surface area contributed by atoms with Crippen molar-refractivity contribution in [3.8, 4) is 17.5 Å². The molecule has 0 saturated heterocycles. The van der Waals surface area contributed by atoms with Gasteiger partial charge in [-0.2, -0.15) is 5.26 Å². The van der Waals surface area contributed by atoms with E-state index in [9.17, 15) is 0 Å². The number of imidazole rings is 1. The summed E-state index contributed by atoms with van der Waals surface area (Å²) >= 11 is 5.94. The SMILES string of the molecule is CCc1ccc(-c2nc(Cl)c(CC#N)[nH]2)cc1.